The molecule has 0 aromatic heterocycles. The number of halogens is 6. The number of alkyl halides is 4. The number of hydrogen-bond acceptors (Lipinski definition) is 0. The molecule has 0 aliphatic carbocycles. The third-order valence-electron chi connectivity index (χ3n) is 3.08. The zero-order chi connectivity index (χ0) is 15.8. The van der Waals surface area contributed by atoms with Crippen molar-refractivity contribution in [2.75, 3.05) is 0 Å². The van der Waals surface area contributed by atoms with Gasteiger partial charge in [0.1, 0.15) is 11.6 Å². The Kier molecular flexibility index (Phi) is 4.23. The van der Waals surface area contributed by atoms with E-state index < -0.39 is 28.8 Å². The van der Waals surface area contributed by atoms with E-state index in [1.54, 1.807) is 0 Å². The van der Waals surface area contributed by atoms with Crippen molar-refractivity contribution in [1.29, 1.82) is 0 Å². The summed E-state index contributed by atoms with van der Waals surface area (Å²) in [4.78, 5) is 0. The monoisotopic (exact) mass is 320 g/mol. The van der Waals surface area contributed by atoms with Crippen molar-refractivity contribution in [3.63, 3.8) is 0 Å². The van der Waals surface area contributed by atoms with Gasteiger partial charge in [-0.1, -0.05) is 24.3 Å². The number of rotatable bonds is 2. The van der Waals surface area contributed by atoms with Gasteiger partial charge in [0.15, 0.2) is 0 Å². The maximum absolute atomic E-state index is 14.0. The van der Waals surface area contributed by atoms with Crippen LogP contribution in [-0.2, 0) is 6.18 Å². The summed E-state index contributed by atoms with van der Waals surface area (Å²) < 4.78 is 65.2. The van der Waals surface area contributed by atoms with Crippen molar-refractivity contribution in [3.05, 3.63) is 70.3 Å². The summed E-state index contributed by atoms with van der Waals surface area (Å²) in [6.45, 7) is 1.49. The highest BCUT2D eigenvalue weighted by molar-refractivity contribution is 6.22. The molecule has 0 amide bonds. The average molecular weight is 321 g/mol. The molecule has 0 saturated carbocycles. The van der Waals surface area contributed by atoms with Crippen molar-refractivity contribution < 1.29 is 22.0 Å². The van der Waals surface area contributed by atoms with E-state index >= 15 is 0 Å². The second-order valence-corrected chi connectivity index (χ2v) is 5.01. The zero-order valence-electron chi connectivity index (χ0n) is 10.8. The highest BCUT2D eigenvalue weighted by atomic mass is 35.5. The predicted molar refractivity (Wildman–Crippen MR) is 70.2 cm³/mol. The van der Waals surface area contributed by atoms with Gasteiger partial charge in [0, 0.05) is 5.56 Å². The molecule has 2 aromatic rings. The van der Waals surface area contributed by atoms with Crippen molar-refractivity contribution in [2.45, 2.75) is 18.5 Å². The van der Waals surface area contributed by atoms with Crippen LogP contribution >= 0.6 is 11.6 Å². The Morgan fingerprint density at radius 2 is 1.71 bits per heavy atom. The minimum atomic E-state index is -4.80. The normalized spacial score (nSPS) is 13.3. The molecule has 0 heterocycles. The molecule has 2 aromatic carbocycles. The fraction of sp³-hybridized carbons (Fsp3) is 0.200. The molecule has 0 aliphatic heterocycles. The van der Waals surface area contributed by atoms with Crippen LogP contribution in [0.3, 0.4) is 0 Å². The quantitative estimate of drug-likeness (QED) is 0.497. The fourth-order valence-electron chi connectivity index (χ4n) is 1.97. The molecule has 0 spiro atoms. The van der Waals surface area contributed by atoms with Gasteiger partial charge in [-0.05, 0) is 30.2 Å². The summed E-state index contributed by atoms with van der Waals surface area (Å²) >= 11 is 6.05. The summed E-state index contributed by atoms with van der Waals surface area (Å²) in [5.74, 6) is -1.88. The third kappa shape index (κ3) is 3.18. The van der Waals surface area contributed by atoms with Crippen LogP contribution in [0.5, 0.6) is 0 Å². The number of hydrogen-bond donors (Lipinski definition) is 0. The SMILES string of the molecule is Cc1cc(C(Cl)c2cccc(C(F)(F)F)c2F)ccc1F. The molecule has 0 radical (unpaired) electrons. The van der Waals surface area contributed by atoms with Crippen LogP contribution in [0.4, 0.5) is 22.0 Å². The lowest BCUT2D eigenvalue weighted by molar-refractivity contribution is -0.140. The Labute approximate surface area is 123 Å². The molecule has 6 heteroatoms. The maximum atomic E-state index is 14.0. The lowest BCUT2D eigenvalue weighted by atomic mass is 9.99. The first-order valence-electron chi connectivity index (χ1n) is 5.97. The molecule has 112 valence electrons. The summed E-state index contributed by atoms with van der Waals surface area (Å²) in [7, 11) is 0. The summed E-state index contributed by atoms with van der Waals surface area (Å²) in [5.41, 5.74) is -1.05. The first kappa shape index (κ1) is 15.8. The molecule has 0 nitrogen and oxygen atoms in total. The number of aryl methyl sites for hydroxylation is 1. The first-order chi connectivity index (χ1) is 9.71. The summed E-state index contributed by atoms with van der Waals surface area (Å²) in [6.07, 6.45) is -4.80. The van der Waals surface area contributed by atoms with Crippen LogP contribution in [0.15, 0.2) is 36.4 Å². The van der Waals surface area contributed by atoms with E-state index in [2.05, 4.69) is 0 Å². The van der Waals surface area contributed by atoms with Crippen LogP contribution in [0, 0.1) is 18.6 Å². The Morgan fingerprint density at radius 1 is 1.05 bits per heavy atom. The second-order valence-electron chi connectivity index (χ2n) is 4.58. The molecule has 0 aliphatic rings. The Morgan fingerprint density at radius 3 is 2.29 bits per heavy atom. The smallest absolute Gasteiger partial charge is 0.207 e. The third-order valence-corrected chi connectivity index (χ3v) is 3.57. The van der Waals surface area contributed by atoms with E-state index in [-0.39, 0.29) is 11.1 Å². The summed E-state index contributed by atoms with van der Waals surface area (Å²) in [6, 6.07) is 6.77. The summed E-state index contributed by atoms with van der Waals surface area (Å²) in [5, 5.41) is -1.13. The van der Waals surface area contributed by atoms with Gasteiger partial charge in [0.25, 0.3) is 0 Å². The molecular weight excluding hydrogens is 311 g/mol. The minimum Gasteiger partial charge on any atom is -0.207 e. The van der Waals surface area contributed by atoms with Crippen molar-refractivity contribution in [3.8, 4) is 0 Å². The van der Waals surface area contributed by atoms with Gasteiger partial charge in [-0.3, -0.25) is 0 Å². The van der Waals surface area contributed by atoms with Gasteiger partial charge >= 0.3 is 6.18 Å². The van der Waals surface area contributed by atoms with Crippen molar-refractivity contribution >= 4 is 11.6 Å². The standard InChI is InChI=1S/C15H10ClF5/c1-8-7-9(5-6-12(8)17)13(16)10-3-2-4-11(14(10)18)15(19,20)21/h2-7,13H,1H3. The second kappa shape index (κ2) is 5.64. The molecule has 0 N–H and O–H groups in total. The molecular formula is C15H10ClF5. The van der Waals surface area contributed by atoms with Crippen LogP contribution < -0.4 is 0 Å². The lowest BCUT2D eigenvalue weighted by Crippen LogP contribution is -2.11. The van der Waals surface area contributed by atoms with E-state index in [0.29, 0.717) is 11.6 Å². The molecule has 2 rings (SSSR count). The molecule has 0 bridgehead atoms. The molecule has 0 fully saturated rings. The Bertz CT molecular complexity index is 664. The molecule has 0 saturated heterocycles. The largest absolute Gasteiger partial charge is 0.419 e. The van der Waals surface area contributed by atoms with E-state index in [1.807, 2.05) is 0 Å². The van der Waals surface area contributed by atoms with E-state index in [9.17, 15) is 22.0 Å². The van der Waals surface area contributed by atoms with Crippen LogP contribution in [0.1, 0.15) is 27.6 Å². The maximum Gasteiger partial charge on any atom is 0.419 e. The van der Waals surface area contributed by atoms with E-state index in [1.165, 1.54) is 25.1 Å². The van der Waals surface area contributed by atoms with E-state index in [0.717, 1.165) is 12.1 Å². The fourth-order valence-corrected chi connectivity index (χ4v) is 2.27. The molecule has 1 atom stereocenters. The molecule has 21 heavy (non-hydrogen) atoms. The van der Waals surface area contributed by atoms with Gasteiger partial charge in [-0.2, -0.15) is 13.2 Å². The minimum absolute atomic E-state index is 0.283. The van der Waals surface area contributed by atoms with Crippen LogP contribution in [-0.4, -0.2) is 0 Å². The van der Waals surface area contributed by atoms with Gasteiger partial charge < -0.3 is 0 Å². The van der Waals surface area contributed by atoms with Crippen LogP contribution in [0.2, 0.25) is 0 Å². The van der Waals surface area contributed by atoms with Gasteiger partial charge in [-0.25, -0.2) is 8.78 Å². The van der Waals surface area contributed by atoms with Gasteiger partial charge in [0.2, 0.25) is 0 Å². The Hall–Kier alpha value is -1.62. The van der Waals surface area contributed by atoms with E-state index in [4.69, 9.17) is 11.6 Å². The lowest BCUT2D eigenvalue weighted by Gasteiger charge is -2.15. The van der Waals surface area contributed by atoms with Gasteiger partial charge in [0.05, 0.1) is 10.9 Å². The average Bonchev–Trinajstić information content (AvgIpc) is 2.40. The van der Waals surface area contributed by atoms with Crippen molar-refractivity contribution in [1.82, 2.24) is 0 Å². The topological polar surface area (TPSA) is 0 Å². The van der Waals surface area contributed by atoms with Crippen LogP contribution in [0.25, 0.3) is 0 Å². The van der Waals surface area contributed by atoms with Crippen molar-refractivity contribution in [2.24, 2.45) is 0 Å². The highest BCUT2D eigenvalue weighted by Gasteiger charge is 2.35. The highest BCUT2D eigenvalue weighted by Crippen LogP contribution is 2.37. The predicted octanol–water partition coefficient (Wildman–Crippen LogP) is 5.62. The zero-order valence-corrected chi connectivity index (χ0v) is 11.6. The number of benzene rings is 2. The Balaban J connectivity index is 2.48. The first-order valence-corrected chi connectivity index (χ1v) is 6.41. The van der Waals surface area contributed by atoms with Gasteiger partial charge in [-0.15, -0.1) is 11.6 Å². The molecule has 1 unspecified atom stereocenters.